The fourth-order valence-electron chi connectivity index (χ4n) is 2.42. The van der Waals surface area contributed by atoms with Gasteiger partial charge in [-0.15, -0.1) is 0 Å². The minimum atomic E-state index is -0.567. The van der Waals surface area contributed by atoms with Crippen LogP contribution in [0.25, 0.3) is 10.8 Å². The van der Waals surface area contributed by atoms with E-state index in [-0.39, 0.29) is 23.2 Å². The van der Waals surface area contributed by atoms with Gasteiger partial charge in [0.15, 0.2) is 0 Å². The Morgan fingerprint density at radius 3 is 2.48 bits per heavy atom. The predicted molar refractivity (Wildman–Crippen MR) is 99.2 cm³/mol. The van der Waals surface area contributed by atoms with E-state index in [2.05, 4.69) is 10.6 Å². The van der Waals surface area contributed by atoms with E-state index in [1.807, 2.05) is 42.5 Å². The van der Waals surface area contributed by atoms with Crippen LogP contribution in [-0.2, 0) is 4.79 Å². The van der Waals surface area contributed by atoms with Crippen LogP contribution in [-0.4, -0.2) is 17.4 Å². The van der Waals surface area contributed by atoms with Crippen LogP contribution in [0.1, 0.15) is 0 Å². The lowest BCUT2D eigenvalue weighted by atomic mass is 10.1. The number of nitrogens with zero attached hydrogens (tertiary/aromatic N) is 1. The Kier molecular flexibility index (Phi) is 4.81. The van der Waals surface area contributed by atoms with E-state index in [9.17, 15) is 14.9 Å². The van der Waals surface area contributed by atoms with Crippen molar-refractivity contribution in [3.05, 3.63) is 75.8 Å². The molecule has 25 heavy (non-hydrogen) atoms. The van der Waals surface area contributed by atoms with Crippen molar-refractivity contribution >= 4 is 45.3 Å². The first-order chi connectivity index (χ1) is 12.0. The number of benzene rings is 3. The second-order valence-corrected chi connectivity index (χ2v) is 5.79. The predicted octanol–water partition coefficient (Wildman–Crippen LogP) is 4.45. The molecule has 0 bridgehead atoms. The molecule has 1 amide bonds. The Labute approximate surface area is 148 Å². The molecule has 0 spiro atoms. The standard InChI is InChI=1S/C18H14ClN3O3/c19-16-8-7-14(10-17(16)22(24)25)20-11-18(23)21-15-6-5-12-3-1-2-4-13(12)9-15/h1-10,20H,11H2,(H,21,23). The highest BCUT2D eigenvalue weighted by Gasteiger charge is 2.13. The van der Waals surface area contributed by atoms with Crippen LogP contribution >= 0.6 is 11.6 Å². The monoisotopic (exact) mass is 355 g/mol. The second kappa shape index (κ2) is 7.19. The molecule has 3 rings (SSSR count). The fourth-order valence-corrected chi connectivity index (χ4v) is 2.60. The van der Waals surface area contributed by atoms with Crippen LogP contribution in [0.4, 0.5) is 17.1 Å². The summed E-state index contributed by atoms with van der Waals surface area (Å²) in [4.78, 5) is 22.4. The number of carbonyl (C=O) groups excluding carboxylic acids is 1. The second-order valence-electron chi connectivity index (χ2n) is 5.39. The number of nitrogens with one attached hydrogen (secondary N) is 2. The number of fused-ring (bicyclic) bond motifs is 1. The fraction of sp³-hybridized carbons (Fsp3) is 0.0556. The number of anilines is 2. The molecular formula is C18H14ClN3O3. The molecule has 0 aliphatic carbocycles. The molecule has 0 atom stereocenters. The first-order valence-electron chi connectivity index (χ1n) is 7.49. The van der Waals surface area contributed by atoms with E-state index in [4.69, 9.17) is 11.6 Å². The van der Waals surface area contributed by atoms with Crippen LogP contribution in [0, 0.1) is 10.1 Å². The third kappa shape index (κ3) is 4.05. The summed E-state index contributed by atoms with van der Waals surface area (Å²) in [6.07, 6.45) is 0. The van der Waals surface area contributed by atoms with Crippen molar-refractivity contribution in [2.45, 2.75) is 0 Å². The van der Waals surface area contributed by atoms with E-state index in [0.29, 0.717) is 11.4 Å². The highest BCUT2D eigenvalue weighted by atomic mass is 35.5. The summed E-state index contributed by atoms with van der Waals surface area (Å²) in [5.74, 6) is -0.257. The van der Waals surface area contributed by atoms with Gasteiger partial charge in [0, 0.05) is 17.4 Å². The highest BCUT2D eigenvalue weighted by molar-refractivity contribution is 6.32. The van der Waals surface area contributed by atoms with E-state index in [1.54, 1.807) is 6.07 Å². The quantitative estimate of drug-likeness (QED) is 0.523. The van der Waals surface area contributed by atoms with Crippen molar-refractivity contribution in [2.24, 2.45) is 0 Å². The molecule has 0 radical (unpaired) electrons. The molecule has 0 aliphatic heterocycles. The van der Waals surface area contributed by atoms with E-state index < -0.39 is 4.92 Å². The van der Waals surface area contributed by atoms with Crippen molar-refractivity contribution in [1.29, 1.82) is 0 Å². The third-order valence-corrected chi connectivity index (χ3v) is 3.95. The Bertz CT molecular complexity index is 959. The molecule has 0 saturated heterocycles. The van der Waals surface area contributed by atoms with Gasteiger partial charge in [0.05, 0.1) is 11.5 Å². The molecule has 0 fully saturated rings. The summed E-state index contributed by atoms with van der Waals surface area (Å²) < 4.78 is 0. The van der Waals surface area contributed by atoms with Crippen LogP contribution in [0.15, 0.2) is 60.7 Å². The number of carbonyl (C=O) groups is 1. The van der Waals surface area contributed by atoms with Crippen molar-refractivity contribution in [1.82, 2.24) is 0 Å². The third-order valence-electron chi connectivity index (χ3n) is 3.63. The summed E-state index contributed by atoms with van der Waals surface area (Å²) in [6.45, 7) is -0.0222. The Balaban J connectivity index is 1.64. The van der Waals surface area contributed by atoms with Crippen molar-refractivity contribution in [2.75, 3.05) is 17.2 Å². The Hall–Kier alpha value is -3.12. The van der Waals surface area contributed by atoms with Crippen LogP contribution in [0.5, 0.6) is 0 Å². The molecule has 2 N–H and O–H groups in total. The van der Waals surface area contributed by atoms with Gasteiger partial charge in [-0.3, -0.25) is 14.9 Å². The molecule has 3 aromatic carbocycles. The van der Waals surface area contributed by atoms with Gasteiger partial charge >= 0.3 is 0 Å². The number of amides is 1. The van der Waals surface area contributed by atoms with Crippen molar-refractivity contribution in [3.63, 3.8) is 0 Å². The van der Waals surface area contributed by atoms with Gasteiger partial charge in [-0.25, -0.2) is 0 Å². The Morgan fingerprint density at radius 1 is 1.00 bits per heavy atom. The lowest BCUT2D eigenvalue weighted by molar-refractivity contribution is -0.384. The Morgan fingerprint density at radius 2 is 1.72 bits per heavy atom. The number of halogens is 1. The lowest BCUT2D eigenvalue weighted by Gasteiger charge is -2.09. The van der Waals surface area contributed by atoms with Crippen molar-refractivity contribution in [3.8, 4) is 0 Å². The zero-order valence-electron chi connectivity index (χ0n) is 13.0. The number of rotatable bonds is 5. The minimum absolute atomic E-state index is 0.0222. The number of nitro groups is 1. The van der Waals surface area contributed by atoms with E-state index in [1.165, 1.54) is 12.1 Å². The topological polar surface area (TPSA) is 84.3 Å². The van der Waals surface area contributed by atoms with Gasteiger partial charge in [0.25, 0.3) is 5.69 Å². The van der Waals surface area contributed by atoms with Gasteiger partial charge in [-0.05, 0) is 35.0 Å². The molecule has 3 aromatic rings. The maximum atomic E-state index is 12.1. The maximum Gasteiger partial charge on any atom is 0.289 e. The summed E-state index contributed by atoms with van der Waals surface area (Å²) in [6, 6.07) is 17.8. The van der Waals surface area contributed by atoms with Gasteiger partial charge < -0.3 is 10.6 Å². The molecule has 6 nitrogen and oxygen atoms in total. The van der Waals surface area contributed by atoms with E-state index >= 15 is 0 Å². The first-order valence-corrected chi connectivity index (χ1v) is 7.87. The summed E-state index contributed by atoms with van der Waals surface area (Å²) in [5.41, 5.74) is 0.930. The van der Waals surface area contributed by atoms with Crippen LogP contribution < -0.4 is 10.6 Å². The molecule has 126 valence electrons. The zero-order valence-corrected chi connectivity index (χ0v) is 13.8. The molecular weight excluding hydrogens is 342 g/mol. The molecule has 0 aliphatic rings. The smallest absolute Gasteiger partial charge is 0.289 e. The normalized spacial score (nSPS) is 10.4. The average molecular weight is 356 g/mol. The SMILES string of the molecule is O=C(CNc1ccc(Cl)c([N+](=O)[O-])c1)Nc1ccc2ccccc2c1. The molecule has 0 unspecified atom stereocenters. The highest BCUT2D eigenvalue weighted by Crippen LogP contribution is 2.27. The molecule has 0 aromatic heterocycles. The largest absolute Gasteiger partial charge is 0.376 e. The number of hydrogen-bond donors (Lipinski definition) is 2. The lowest BCUT2D eigenvalue weighted by Crippen LogP contribution is -2.21. The first kappa shape index (κ1) is 16.7. The molecule has 0 saturated carbocycles. The number of nitro benzene ring substituents is 1. The summed E-state index contributed by atoms with van der Waals surface area (Å²) >= 11 is 5.76. The van der Waals surface area contributed by atoms with Gasteiger partial charge in [0.1, 0.15) is 5.02 Å². The maximum absolute atomic E-state index is 12.1. The molecule has 0 heterocycles. The van der Waals surface area contributed by atoms with E-state index in [0.717, 1.165) is 10.8 Å². The van der Waals surface area contributed by atoms with Crippen molar-refractivity contribution < 1.29 is 9.72 Å². The van der Waals surface area contributed by atoms with Crippen LogP contribution in [0.2, 0.25) is 5.02 Å². The average Bonchev–Trinajstić information content (AvgIpc) is 2.60. The molecule has 7 heteroatoms. The summed E-state index contributed by atoms with van der Waals surface area (Å²) in [7, 11) is 0. The van der Waals surface area contributed by atoms with Gasteiger partial charge in [0.2, 0.25) is 5.91 Å². The van der Waals surface area contributed by atoms with Gasteiger partial charge in [-0.2, -0.15) is 0 Å². The number of hydrogen-bond acceptors (Lipinski definition) is 4. The van der Waals surface area contributed by atoms with Crippen LogP contribution in [0.3, 0.4) is 0 Å². The summed E-state index contributed by atoms with van der Waals surface area (Å²) in [5, 5.41) is 18.7. The zero-order chi connectivity index (χ0) is 17.8. The minimum Gasteiger partial charge on any atom is -0.376 e. The van der Waals surface area contributed by atoms with Gasteiger partial charge in [-0.1, -0.05) is 41.9 Å².